The van der Waals surface area contributed by atoms with E-state index in [9.17, 15) is 4.79 Å². The zero-order valence-electron chi connectivity index (χ0n) is 14.9. The molecule has 2 aromatic carbocycles. The van der Waals surface area contributed by atoms with Crippen molar-refractivity contribution in [1.29, 1.82) is 0 Å². The van der Waals surface area contributed by atoms with Crippen LogP contribution in [-0.4, -0.2) is 22.3 Å². The van der Waals surface area contributed by atoms with E-state index in [1.807, 2.05) is 24.3 Å². The third kappa shape index (κ3) is 3.69. The second kappa shape index (κ2) is 7.64. The van der Waals surface area contributed by atoms with Crippen molar-refractivity contribution < 1.29 is 4.74 Å². The Hall–Kier alpha value is -2.11. The van der Waals surface area contributed by atoms with E-state index >= 15 is 0 Å². The van der Waals surface area contributed by atoms with Crippen LogP contribution in [0.1, 0.15) is 24.0 Å². The number of para-hydroxylation sites is 1. The first-order valence-electron chi connectivity index (χ1n) is 9.00. The van der Waals surface area contributed by atoms with Gasteiger partial charge in [0.2, 0.25) is 0 Å². The lowest BCUT2D eigenvalue weighted by Crippen LogP contribution is -2.28. The minimum atomic E-state index is 0.0255. The highest BCUT2D eigenvalue weighted by molar-refractivity contribution is 7.98. The molecule has 0 amide bonds. The van der Waals surface area contributed by atoms with Crippen molar-refractivity contribution in [2.24, 2.45) is 0 Å². The summed E-state index contributed by atoms with van der Waals surface area (Å²) in [7, 11) is 0. The van der Waals surface area contributed by atoms with Crippen LogP contribution in [0.25, 0.3) is 10.9 Å². The minimum Gasteiger partial charge on any atom is -0.376 e. The van der Waals surface area contributed by atoms with Gasteiger partial charge in [0.1, 0.15) is 0 Å². The van der Waals surface area contributed by atoms with E-state index in [0.717, 1.165) is 35.9 Å². The van der Waals surface area contributed by atoms with Gasteiger partial charge in [-0.05, 0) is 37.5 Å². The van der Waals surface area contributed by atoms with Crippen LogP contribution in [0, 0.1) is 6.92 Å². The third-order valence-electron chi connectivity index (χ3n) is 4.73. The molecule has 26 heavy (non-hydrogen) atoms. The van der Waals surface area contributed by atoms with E-state index in [2.05, 4.69) is 31.2 Å². The Bertz CT molecular complexity index is 960. The number of thioether (sulfide) groups is 1. The molecule has 0 saturated carbocycles. The third-order valence-corrected chi connectivity index (χ3v) is 5.77. The van der Waals surface area contributed by atoms with E-state index in [-0.39, 0.29) is 11.7 Å². The van der Waals surface area contributed by atoms with Crippen LogP contribution in [0.4, 0.5) is 0 Å². The molecule has 2 heterocycles. The molecule has 0 unspecified atom stereocenters. The van der Waals surface area contributed by atoms with E-state index in [4.69, 9.17) is 9.72 Å². The summed E-state index contributed by atoms with van der Waals surface area (Å²) in [6.45, 7) is 3.44. The predicted molar refractivity (Wildman–Crippen MR) is 106 cm³/mol. The SMILES string of the molecule is Cc1ccc(CSc2nc3ccccc3c(=O)n2C[C@H]2CCCO2)cc1. The molecule has 3 aromatic rings. The Balaban J connectivity index is 1.68. The van der Waals surface area contributed by atoms with E-state index in [0.29, 0.717) is 11.9 Å². The Labute approximate surface area is 157 Å². The number of aryl methyl sites for hydroxylation is 1. The van der Waals surface area contributed by atoms with Crippen LogP contribution >= 0.6 is 11.8 Å². The number of rotatable bonds is 5. The molecule has 0 N–H and O–H groups in total. The van der Waals surface area contributed by atoms with Gasteiger partial charge in [0, 0.05) is 12.4 Å². The lowest BCUT2D eigenvalue weighted by atomic mass is 10.2. The van der Waals surface area contributed by atoms with E-state index in [1.165, 1.54) is 11.1 Å². The summed E-state index contributed by atoms with van der Waals surface area (Å²) in [6.07, 6.45) is 2.17. The highest BCUT2D eigenvalue weighted by Crippen LogP contribution is 2.24. The van der Waals surface area contributed by atoms with Crippen LogP contribution in [0.3, 0.4) is 0 Å². The summed E-state index contributed by atoms with van der Waals surface area (Å²) in [4.78, 5) is 17.8. The number of hydrogen-bond acceptors (Lipinski definition) is 4. The van der Waals surface area contributed by atoms with Crippen molar-refractivity contribution in [1.82, 2.24) is 9.55 Å². The summed E-state index contributed by atoms with van der Waals surface area (Å²) in [5, 5.41) is 1.44. The monoisotopic (exact) mass is 366 g/mol. The average molecular weight is 366 g/mol. The molecule has 1 aliphatic rings. The number of ether oxygens (including phenoxy) is 1. The fourth-order valence-corrected chi connectivity index (χ4v) is 4.21. The summed E-state index contributed by atoms with van der Waals surface area (Å²) >= 11 is 1.61. The quantitative estimate of drug-likeness (QED) is 0.502. The van der Waals surface area contributed by atoms with Gasteiger partial charge in [0.05, 0.1) is 23.6 Å². The number of fused-ring (bicyclic) bond motifs is 1. The Kier molecular flexibility index (Phi) is 5.09. The Morgan fingerprint density at radius 2 is 2.00 bits per heavy atom. The van der Waals surface area contributed by atoms with E-state index in [1.54, 1.807) is 16.3 Å². The molecule has 0 radical (unpaired) electrons. The van der Waals surface area contributed by atoms with Gasteiger partial charge in [-0.25, -0.2) is 4.98 Å². The maximum Gasteiger partial charge on any atom is 0.262 e. The second-order valence-corrected chi connectivity index (χ2v) is 7.68. The largest absolute Gasteiger partial charge is 0.376 e. The first kappa shape index (κ1) is 17.3. The normalized spacial score (nSPS) is 17.0. The molecular weight excluding hydrogens is 344 g/mol. The van der Waals surface area contributed by atoms with Gasteiger partial charge in [-0.3, -0.25) is 9.36 Å². The molecule has 1 fully saturated rings. The van der Waals surface area contributed by atoms with Crippen LogP contribution in [0.2, 0.25) is 0 Å². The molecule has 1 atom stereocenters. The molecule has 1 aromatic heterocycles. The summed E-state index contributed by atoms with van der Waals surface area (Å²) in [6, 6.07) is 16.1. The number of benzene rings is 2. The van der Waals surface area contributed by atoms with Crippen molar-refractivity contribution in [2.75, 3.05) is 6.61 Å². The van der Waals surface area contributed by atoms with Crippen molar-refractivity contribution >= 4 is 22.7 Å². The maximum atomic E-state index is 13.0. The fourth-order valence-electron chi connectivity index (χ4n) is 3.24. The van der Waals surface area contributed by atoms with Crippen LogP contribution in [-0.2, 0) is 17.0 Å². The molecule has 0 aliphatic carbocycles. The van der Waals surface area contributed by atoms with Crippen molar-refractivity contribution in [3.63, 3.8) is 0 Å². The maximum absolute atomic E-state index is 13.0. The summed E-state index contributed by atoms with van der Waals surface area (Å²) in [5.74, 6) is 0.788. The van der Waals surface area contributed by atoms with Crippen molar-refractivity contribution in [2.45, 2.75) is 43.3 Å². The fraction of sp³-hybridized carbons (Fsp3) is 0.333. The lowest BCUT2D eigenvalue weighted by molar-refractivity contribution is 0.0937. The molecule has 4 nitrogen and oxygen atoms in total. The first-order valence-corrected chi connectivity index (χ1v) is 9.99. The minimum absolute atomic E-state index is 0.0255. The van der Waals surface area contributed by atoms with Gasteiger partial charge < -0.3 is 4.74 Å². The number of aromatic nitrogens is 2. The van der Waals surface area contributed by atoms with Gasteiger partial charge >= 0.3 is 0 Å². The van der Waals surface area contributed by atoms with Crippen LogP contribution in [0.5, 0.6) is 0 Å². The van der Waals surface area contributed by atoms with Crippen LogP contribution in [0.15, 0.2) is 58.5 Å². The Morgan fingerprint density at radius 3 is 2.77 bits per heavy atom. The van der Waals surface area contributed by atoms with Gasteiger partial charge in [0.15, 0.2) is 5.16 Å². The molecule has 134 valence electrons. The highest BCUT2D eigenvalue weighted by atomic mass is 32.2. The standard InChI is InChI=1S/C21H22N2O2S/c1-15-8-10-16(11-9-15)14-26-21-22-19-7-3-2-6-18(19)20(24)23(21)13-17-5-4-12-25-17/h2-3,6-11,17H,4-5,12-14H2,1H3/t17-/m1/s1. The molecule has 0 spiro atoms. The zero-order valence-corrected chi connectivity index (χ0v) is 15.7. The van der Waals surface area contributed by atoms with Gasteiger partial charge in [-0.1, -0.05) is 53.7 Å². The van der Waals surface area contributed by atoms with Crippen molar-refractivity contribution in [3.8, 4) is 0 Å². The average Bonchev–Trinajstić information content (AvgIpc) is 3.17. The van der Waals surface area contributed by atoms with Crippen molar-refractivity contribution in [3.05, 3.63) is 70.0 Å². The second-order valence-electron chi connectivity index (χ2n) is 6.74. The molecule has 1 aliphatic heterocycles. The van der Waals surface area contributed by atoms with Gasteiger partial charge in [-0.2, -0.15) is 0 Å². The molecule has 5 heteroatoms. The highest BCUT2D eigenvalue weighted by Gasteiger charge is 2.20. The Morgan fingerprint density at radius 1 is 1.19 bits per heavy atom. The predicted octanol–water partition coefficient (Wildman–Crippen LogP) is 4.18. The first-order chi connectivity index (χ1) is 12.7. The lowest BCUT2D eigenvalue weighted by Gasteiger charge is -2.16. The van der Waals surface area contributed by atoms with E-state index < -0.39 is 0 Å². The molecular formula is C21H22N2O2S. The summed E-state index contributed by atoms with van der Waals surface area (Å²) < 4.78 is 7.56. The summed E-state index contributed by atoms with van der Waals surface area (Å²) in [5.41, 5.74) is 3.26. The zero-order chi connectivity index (χ0) is 17.9. The van der Waals surface area contributed by atoms with Crippen LogP contribution < -0.4 is 5.56 Å². The number of hydrogen-bond donors (Lipinski definition) is 0. The van der Waals surface area contributed by atoms with Gasteiger partial charge in [-0.15, -0.1) is 0 Å². The number of nitrogens with zero attached hydrogens (tertiary/aromatic N) is 2. The molecule has 4 rings (SSSR count). The molecule has 0 bridgehead atoms. The van der Waals surface area contributed by atoms with Gasteiger partial charge in [0.25, 0.3) is 5.56 Å². The smallest absolute Gasteiger partial charge is 0.262 e. The topological polar surface area (TPSA) is 44.1 Å². The molecule has 1 saturated heterocycles.